The van der Waals surface area contributed by atoms with Crippen LogP contribution in [-0.2, 0) is 0 Å². The van der Waals surface area contributed by atoms with E-state index in [1.807, 2.05) is 30.3 Å². The molecular formula is C14H17N3O. The van der Waals surface area contributed by atoms with Crippen LogP contribution in [0.3, 0.4) is 0 Å². The Hall–Kier alpha value is -2.02. The molecule has 0 saturated carbocycles. The first-order valence-electron chi connectivity index (χ1n) is 6.12. The monoisotopic (exact) mass is 243 g/mol. The van der Waals surface area contributed by atoms with Crippen molar-refractivity contribution in [3.05, 3.63) is 30.3 Å². The van der Waals surface area contributed by atoms with Crippen LogP contribution in [0.5, 0.6) is 0 Å². The lowest BCUT2D eigenvalue weighted by molar-refractivity contribution is 0.157. The molecular weight excluding hydrogens is 226 g/mol. The summed E-state index contributed by atoms with van der Waals surface area (Å²) in [5.41, 5.74) is 0.130. The van der Waals surface area contributed by atoms with Crippen molar-refractivity contribution in [2.75, 3.05) is 18.0 Å². The maximum atomic E-state index is 12.4. The van der Waals surface area contributed by atoms with Crippen LogP contribution in [0.1, 0.15) is 20.3 Å². The molecule has 1 saturated heterocycles. The van der Waals surface area contributed by atoms with Crippen LogP contribution < -0.4 is 4.90 Å². The first-order chi connectivity index (χ1) is 8.56. The molecule has 1 aromatic carbocycles. The summed E-state index contributed by atoms with van der Waals surface area (Å²) >= 11 is 0. The molecule has 0 aliphatic carbocycles. The van der Waals surface area contributed by atoms with E-state index in [2.05, 4.69) is 6.07 Å². The fourth-order valence-corrected chi connectivity index (χ4v) is 2.15. The topological polar surface area (TPSA) is 47.3 Å². The van der Waals surface area contributed by atoms with E-state index < -0.39 is 5.54 Å². The Kier molecular flexibility index (Phi) is 3.24. The Bertz CT molecular complexity index is 476. The van der Waals surface area contributed by atoms with Gasteiger partial charge in [0.15, 0.2) is 0 Å². The number of carbonyl (C=O) groups is 1. The largest absolute Gasteiger partial charge is 0.325 e. The Morgan fingerprint density at radius 2 is 1.89 bits per heavy atom. The number of para-hydroxylation sites is 1. The van der Waals surface area contributed by atoms with Crippen LogP contribution in [0.2, 0.25) is 0 Å². The molecule has 2 rings (SSSR count). The number of rotatable bonds is 2. The highest BCUT2D eigenvalue weighted by Crippen LogP contribution is 2.24. The van der Waals surface area contributed by atoms with Crippen molar-refractivity contribution >= 4 is 11.7 Å². The minimum Gasteiger partial charge on any atom is -0.306 e. The van der Waals surface area contributed by atoms with Crippen molar-refractivity contribution in [3.63, 3.8) is 0 Å². The maximum absolute atomic E-state index is 12.4. The van der Waals surface area contributed by atoms with Crippen molar-refractivity contribution in [1.82, 2.24) is 4.90 Å². The van der Waals surface area contributed by atoms with Crippen LogP contribution >= 0.6 is 0 Å². The van der Waals surface area contributed by atoms with Gasteiger partial charge >= 0.3 is 6.03 Å². The van der Waals surface area contributed by atoms with Gasteiger partial charge in [-0.3, -0.25) is 4.90 Å². The lowest BCUT2D eigenvalue weighted by atomic mass is 10.0. The number of carbonyl (C=O) groups excluding carboxylic acids is 1. The summed E-state index contributed by atoms with van der Waals surface area (Å²) in [6.45, 7) is 4.91. The number of nitriles is 1. The maximum Gasteiger partial charge on any atom is 0.325 e. The normalized spacial score (nSPS) is 16.6. The summed E-state index contributed by atoms with van der Waals surface area (Å²) in [6, 6.07) is 11.7. The van der Waals surface area contributed by atoms with Crippen molar-refractivity contribution in [2.24, 2.45) is 0 Å². The molecule has 0 spiro atoms. The Balaban J connectivity index is 2.26. The fourth-order valence-electron chi connectivity index (χ4n) is 2.15. The number of nitrogens with zero attached hydrogens (tertiary/aromatic N) is 3. The van der Waals surface area contributed by atoms with Gasteiger partial charge in [-0.2, -0.15) is 5.26 Å². The molecule has 18 heavy (non-hydrogen) atoms. The van der Waals surface area contributed by atoms with Gasteiger partial charge in [0.2, 0.25) is 0 Å². The van der Waals surface area contributed by atoms with Crippen molar-refractivity contribution < 1.29 is 4.79 Å². The van der Waals surface area contributed by atoms with E-state index >= 15 is 0 Å². The Morgan fingerprint density at radius 1 is 1.22 bits per heavy atom. The SMILES string of the molecule is CC(C)(C#N)N1CCCN(c2ccccc2)C1=O. The third kappa shape index (κ3) is 2.17. The van der Waals surface area contributed by atoms with Gasteiger partial charge in [-0.15, -0.1) is 0 Å². The number of hydrogen-bond donors (Lipinski definition) is 0. The molecule has 1 aliphatic heterocycles. The quantitative estimate of drug-likeness (QED) is 0.801. The van der Waals surface area contributed by atoms with Crippen LogP contribution in [-0.4, -0.2) is 29.6 Å². The van der Waals surface area contributed by atoms with Gasteiger partial charge in [-0.05, 0) is 32.4 Å². The zero-order valence-electron chi connectivity index (χ0n) is 10.8. The minimum atomic E-state index is -0.759. The van der Waals surface area contributed by atoms with Crippen LogP contribution in [0.4, 0.5) is 10.5 Å². The molecule has 1 fully saturated rings. The number of amides is 2. The highest BCUT2D eigenvalue weighted by molar-refractivity contribution is 5.93. The molecule has 94 valence electrons. The van der Waals surface area contributed by atoms with Crippen molar-refractivity contribution in [2.45, 2.75) is 25.8 Å². The number of urea groups is 1. The first kappa shape index (κ1) is 12.4. The molecule has 1 aliphatic rings. The summed E-state index contributed by atoms with van der Waals surface area (Å²) in [5.74, 6) is 0. The van der Waals surface area contributed by atoms with E-state index in [0.29, 0.717) is 13.1 Å². The van der Waals surface area contributed by atoms with E-state index in [1.165, 1.54) is 0 Å². The summed E-state index contributed by atoms with van der Waals surface area (Å²) in [6.07, 6.45) is 0.881. The summed E-state index contributed by atoms with van der Waals surface area (Å²) in [4.78, 5) is 15.8. The van der Waals surface area contributed by atoms with Gasteiger partial charge in [0.25, 0.3) is 0 Å². The molecule has 4 heteroatoms. The van der Waals surface area contributed by atoms with Gasteiger partial charge in [-0.25, -0.2) is 4.79 Å². The second kappa shape index (κ2) is 4.69. The molecule has 1 aromatic rings. The van der Waals surface area contributed by atoms with Gasteiger partial charge in [-0.1, -0.05) is 18.2 Å². The third-order valence-corrected chi connectivity index (χ3v) is 3.24. The van der Waals surface area contributed by atoms with E-state index in [0.717, 1.165) is 12.1 Å². The highest BCUT2D eigenvalue weighted by atomic mass is 16.2. The first-order valence-corrected chi connectivity index (χ1v) is 6.12. The van der Waals surface area contributed by atoms with E-state index in [4.69, 9.17) is 5.26 Å². The van der Waals surface area contributed by atoms with Gasteiger partial charge < -0.3 is 4.90 Å². The summed E-state index contributed by atoms with van der Waals surface area (Å²) in [7, 11) is 0. The second-order valence-corrected chi connectivity index (χ2v) is 4.95. The molecule has 0 aromatic heterocycles. The Morgan fingerprint density at radius 3 is 2.50 bits per heavy atom. The lowest BCUT2D eigenvalue weighted by Crippen LogP contribution is -2.57. The summed E-state index contributed by atoms with van der Waals surface area (Å²) < 4.78 is 0. The molecule has 0 atom stereocenters. The molecule has 1 heterocycles. The third-order valence-electron chi connectivity index (χ3n) is 3.24. The predicted molar refractivity (Wildman–Crippen MR) is 70.2 cm³/mol. The number of hydrogen-bond acceptors (Lipinski definition) is 2. The van der Waals surface area contributed by atoms with Crippen LogP contribution in [0, 0.1) is 11.3 Å². The van der Waals surface area contributed by atoms with Crippen molar-refractivity contribution in [1.29, 1.82) is 5.26 Å². The predicted octanol–water partition coefficient (Wildman–Crippen LogP) is 2.62. The average Bonchev–Trinajstić information content (AvgIpc) is 2.40. The van der Waals surface area contributed by atoms with Crippen molar-refractivity contribution in [3.8, 4) is 6.07 Å². The summed E-state index contributed by atoms with van der Waals surface area (Å²) in [5, 5.41) is 9.16. The van der Waals surface area contributed by atoms with Crippen LogP contribution in [0.15, 0.2) is 30.3 Å². The van der Waals surface area contributed by atoms with E-state index in [1.54, 1.807) is 23.6 Å². The molecule has 4 nitrogen and oxygen atoms in total. The number of benzene rings is 1. The zero-order valence-corrected chi connectivity index (χ0v) is 10.8. The average molecular weight is 243 g/mol. The zero-order chi connectivity index (χ0) is 13.2. The standard InChI is InChI=1S/C14H17N3O/c1-14(2,11-15)17-10-6-9-16(13(17)18)12-7-4-3-5-8-12/h3-5,7-8H,6,9-10H2,1-2H3. The second-order valence-electron chi connectivity index (χ2n) is 4.95. The molecule has 0 radical (unpaired) electrons. The molecule has 0 bridgehead atoms. The molecule has 2 amide bonds. The van der Waals surface area contributed by atoms with E-state index in [9.17, 15) is 4.79 Å². The minimum absolute atomic E-state index is 0.0843. The van der Waals surface area contributed by atoms with Gasteiger partial charge in [0, 0.05) is 18.8 Å². The van der Waals surface area contributed by atoms with Crippen LogP contribution in [0.25, 0.3) is 0 Å². The Labute approximate surface area is 107 Å². The number of anilines is 1. The molecule has 0 N–H and O–H groups in total. The fraction of sp³-hybridized carbons (Fsp3) is 0.429. The van der Waals surface area contributed by atoms with Gasteiger partial charge in [0.05, 0.1) is 6.07 Å². The lowest BCUT2D eigenvalue weighted by Gasteiger charge is -2.41. The smallest absolute Gasteiger partial charge is 0.306 e. The highest BCUT2D eigenvalue weighted by Gasteiger charge is 2.36. The molecule has 0 unspecified atom stereocenters. The van der Waals surface area contributed by atoms with Gasteiger partial charge in [0.1, 0.15) is 5.54 Å². The van der Waals surface area contributed by atoms with E-state index in [-0.39, 0.29) is 6.03 Å².